The summed E-state index contributed by atoms with van der Waals surface area (Å²) in [6.07, 6.45) is 12.0. The lowest BCUT2D eigenvalue weighted by Gasteiger charge is -2.46. The number of amides is 3. The van der Waals surface area contributed by atoms with Crippen LogP contribution in [0.25, 0.3) is 0 Å². The van der Waals surface area contributed by atoms with Crippen LogP contribution in [0.2, 0.25) is 0 Å². The Bertz CT molecular complexity index is 1850. The fourth-order valence-electron chi connectivity index (χ4n) is 9.47. The minimum absolute atomic E-state index is 0.0292. The van der Waals surface area contributed by atoms with Gasteiger partial charge in [0, 0.05) is 49.2 Å². The van der Waals surface area contributed by atoms with E-state index in [9.17, 15) is 13.8 Å². The summed E-state index contributed by atoms with van der Waals surface area (Å²) in [5.74, 6) is 0.844. The van der Waals surface area contributed by atoms with Crippen LogP contribution in [0.4, 0.5) is 10.5 Å². The Morgan fingerprint density at radius 3 is 2.80 bits per heavy atom. The highest BCUT2D eigenvalue weighted by molar-refractivity contribution is 7.92. The number of carbonyl (C=O) groups excluding carboxylic acids is 2. The normalized spacial score (nSPS) is 36.5. The molecule has 8 atom stereocenters. The van der Waals surface area contributed by atoms with Gasteiger partial charge in [-0.2, -0.15) is 0 Å². The Balaban J connectivity index is 1.15. The van der Waals surface area contributed by atoms with Crippen LogP contribution in [0.1, 0.15) is 78.9 Å². The summed E-state index contributed by atoms with van der Waals surface area (Å²) >= 11 is 0. The number of fused-ring (bicyclic) bond motifs is 4. The van der Waals surface area contributed by atoms with Crippen molar-refractivity contribution in [2.75, 3.05) is 50.7 Å². The van der Waals surface area contributed by atoms with E-state index in [2.05, 4.69) is 56.6 Å². The molecule has 8 rings (SSSR count). The number of hydrogen-bond acceptors (Lipinski definition) is 7. The van der Waals surface area contributed by atoms with Gasteiger partial charge in [0.15, 0.2) is 0 Å². The molecule has 0 radical (unpaired) electrons. The fourth-order valence-corrected chi connectivity index (χ4v) is 11.3. The summed E-state index contributed by atoms with van der Waals surface area (Å²) in [7, 11) is -1.69. The third-order valence-corrected chi connectivity index (χ3v) is 14.6. The monoisotopic (exact) mass is 716 g/mol. The predicted octanol–water partition coefficient (Wildman–Crippen LogP) is 6.11. The number of urea groups is 1. The maximum atomic E-state index is 14.5. The molecule has 2 unspecified atom stereocenters. The number of allylic oxidation sites excluding steroid dienone is 1. The minimum atomic E-state index is -3.47. The number of methoxy groups -OCH3 is 1. The quantitative estimate of drug-likeness (QED) is 0.369. The van der Waals surface area contributed by atoms with Gasteiger partial charge in [-0.3, -0.25) is 9.52 Å². The first kappa shape index (κ1) is 34.7. The molecule has 3 aliphatic carbocycles. The van der Waals surface area contributed by atoms with Gasteiger partial charge in [0.25, 0.3) is 5.91 Å². The maximum Gasteiger partial charge on any atom is 0.327 e. The van der Waals surface area contributed by atoms with Crippen molar-refractivity contribution in [2.24, 2.45) is 27.5 Å². The van der Waals surface area contributed by atoms with Crippen molar-refractivity contribution in [3.63, 3.8) is 0 Å². The van der Waals surface area contributed by atoms with Gasteiger partial charge >= 0.3 is 6.03 Å². The van der Waals surface area contributed by atoms with Gasteiger partial charge < -0.3 is 24.4 Å². The molecular weight excluding hydrogens is 665 g/mol. The maximum absolute atomic E-state index is 14.5. The van der Waals surface area contributed by atoms with Crippen molar-refractivity contribution < 1.29 is 28.0 Å². The Morgan fingerprint density at radius 2 is 2.02 bits per heavy atom. The van der Waals surface area contributed by atoms with E-state index in [0.29, 0.717) is 43.6 Å². The zero-order valence-electron chi connectivity index (χ0n) is 30.2. The molecular formula is C40H52N4O6S. The Hall–Kier alpha value is -3.41. The topological polar surface area (TPSA) is 119 Å². The fraction of sp³-hybridized carbons (Fsp3) is 0.600. The highest BCUT2D eigenvalue weighted by Crippen LogP contribution is 2.52. The molecule has 6 aliphatic rings. The van der Waals surface area contributed by atoms with Gasteiger partial charge in [-0.15, -0.1) is 4.36 Å². The van der Waals surface area contributed by atoms with E-state index < -0.39 is 21.9 Å². The van der Waals surface area contributed by atoms with Gasteiger partial charge in [0.05, 0.1) is 30.8 Å². The van der Waals surface area contributed by atoms with Crippen molar-refractivity contribution >= 4 is 27.5 Å². The van der Waals surface area contributed by atoms with Crippen LogP contribution in [-0.4, -0.2) is 74.1 Å². The smallest absolute Gasteiger partial charge is 0.327 e. The second-order valence-corrected chi connectivity index (χ2v) is 18.3. The SMILES string of the molecule is CO[C@H]1/C=C/C[C@H](C)CS(=O)(NC(=O)N[C@H]2CC23CCOC3)=NC(=O)c2ccc3c(c2)N(C[C@@H]2CC[C@H]21)C[C@@]1(CCCc2cc(C)ccc21)CO3. The average Bonchev–Trinajstić information content (AvgIpc) is 3.56. The number of benzene rings is 2. The molecule has 3 fully saturated rings. The van der Waals surface area contributed by atoms with Crippen molar-refractivity contribution in [3.8, 4) is 5.75 Å². The Morgan fingerprint density at radius 1 is 1.14 bits per heavy atom. The minimum Gasteiger partial charge on any atom is -0.490 e. The summed E-state index contributed by atoms with van der Waals surface area (Å²) in [5, 5.41) is 2.98. The number of anilines is 1. The number of carbonyl (C=O) groups is 2. The molecule has 51 heavy (non-hydrogen) atoms. The van der Waals surface area contributed by atoms with Crippen LogP contribution < -0.4 is 19.7 Å². The number of ether oxygens (including phenoxy) is 3. The van der Waals surface area contributed by atoms with E-state index >= 15 is 0 Å². The molecule has 3 amide bonds. The molecule has 2 bridgehead atoms. The highest BCUT2D eigenvalue weighted by Gasteiger charge is 2.57. The van der Waals surface area contributed by atoms with Gasteiger partial charge in [0.2, 0.25) is 0 Å². The molecule has 2 spiro atoms. The molecule has 1 saturated heterocycles. The van der Waals surface area contributed by atoms with Gasteiger partial charge in [-0.05, 0) is 105 Å². The van der Waals surface area contributed by atoms with Crippen LogP contribution >= 0.6 is 0 Å². The zero-order valence-corrected chi connectivity index (χ0v) is 31.0. The molecule has 2 saturated carbocycles. The summed E-state index contributed by atoms with van der Waals surface area (Å²) < 4.78 is 39.8. The number of nitrogens with one attached hydrogen (secondary N) is 2. The predicted molar refractivity (Wildman–Crippen MR) is 198 cm³/mol. The first-order valence-electron chi connectivity index (χ1n) is 18.8. The van der Waals surface area contributed by atoms with Crippen molar-refractivity contribution in [1.29, 1.82) is 0 Å². The molecule has 274 valence electrons. The van der Waals surface area contributed by atoms with Gasteiger partial charge in [-0.1, -0.05) is 42.8 Å². The lowest BCUT2D eigenvalue weighted by molar-refractivity contribution is 0.0131. The first-order chi connectivity index (χ1) is 24.6. The summed E-state index contributed by atoms with van der Waals surface area (Å²) in [5.41, 5.74) is 5.01. The molecule has 2 aromatic rings. The molecule has 2 N–H and O–H groups in total. The molecule has 10 nitrogen and oxygen atoms in total. The Labute approximate surface area is 302 Å². The first-order valence-corrected chi connectivity index (χ1v) is 20.5. The highest BCUT2D eigenvalue weighted by atomic mass is 32.2. The summed E-state index contributed by atoms with van der Waals surface area (Å²) in [4.78, 5) is 29.7. The Kier molecular flexibility index (Phi) is 9.20. The van der Waals surface area contributed by atoms with Crippen LogP contribution in [0.15, 0.2) is 52.9 Å². The average molecular weight is 717 g/mol. The molecule has 2 aromatic carbocycles. The van der Waals surface area contributed by atoms with Crippen molar-refractivity contribution in [3.05, 3.63) is 70.8 Å². The largest absolute Gasteiger partial charge is 0.490 e. The summed E-state index contributed by atoms with van der Waals surface area (Å²) in [6.45, 7) is 7.58. The summed E-state index contributed by atoms with van der Waals surface area (Å²) in [6, 6.07) is 11.7. The third-order valence-electron chi connectivity index (χ3n) is 12.6. The van der Waals surface area contributed by atoms with Gasteiger partial charge in [0.1, 0.15) is 15.7 Å². The number of hydrogen-bond donors (Lipinski definition) is 2. The second kappa shape index (κ2) is 13.5. The molecule has 0 aromatic heterocycles. The van der Waals surface area contributed by atoms with Gasteiger partial charge in [-0.25, -0.2) is 9.00 Å². The van der Waals surface area contributed by atoms with E-state index in [1.54, 1.807) is 13.2 Å². The number of rotatable bonds is 3. The third kappa shape index (κ3) is 6.81. The molecule has 11 heteroatoms. The standard InChI is InChI=1S/C40H52N4O6S/c1-26-9-13-32-28(18-26)7-5-15-40(32)23-44-21-30-10-12-31(30)34(48-3)8-4-6-27(2)22-51(47,43-38(46)41-36-20-39(36)16-17-49-24-39)42-37(45)29-11-14-35(50-25-40)33(44)19-29/h4,8-9,11,13-14,18-19,27,30-31,34,36H,5-7,10,12,15-17,20-25H2,1-3H3,(H2,41,42,43,45,46,47)/b8-4+/t27-,30-,31+,34-,36-,39?,40-,51?/m0/s1. The van der Waals surface area contributed by atoms with E-state index in [1.807, 2.05) is 19.1 Å². The lowest BCUT2D eigenvalue weighted by Crippen LogP contribution is -2.49. The molecule has 3 aliphatic heterocycles. The van der Waals surface area contributed by atoms with Crippen LogP contribution in [0, 0.1) is 30.1 Å². The van der Waals surface area contributed by atoms with E-state index in [4.69, 9.17) is 14.2 Å². The second-order valence-electron chi connectivity index (χ2n) is 16.3. The van der Waals surface area contributed by atoms with Crippen molar-refractivity contribution in [2.45, 2.75) is 82.8 Å². The van der Waals surface area contributed by atoms with Crippen LogP contribution in [0.5, 0.6) is 5.75 Å². The van der Waals surface area contributed by atoms with E-state index in [1.165, 1.54) is 16.7 Å². The zero-order chi connectivity index (χ0) is 35.4. The number of nitrogens with zero attached hydrogens (tertiary/aromatic N) is 2. The van der Waals surface area contributed by atoms with E-state index in [0.717, 1.165) is 69.5 Å². The van der Waals surface area contributed by atoms with E-state index in [-0.39, 0.29) is 34.6 Å². The lowest BCUT2D eigenvalue weighted by atomic mass is 9.68. The molecule has 3 heterocycles. The number of aryl methyl sites for hydroxylation is 2. The van der Waals surface area contributed by atoms with Crippen LogP contribution in [-0.2, 0) is 31.2 Å². The van der Waals surface area contributed by atoms with Crippen LogP contribution in [0.3, 0.4) is 0 Å². The van der Waals surface area contributed by atoms with Crippen molar-refractivity contribution in [1.82, 2.24) is 10.0 Å².